The van der Waals surface area contributed by atoms with Crippen LogP contribution in [-0.4, -0.2) is 78.8 Å². The first-order chi connectivity index (χ1) is 12.3. The third kappa shape index (κ3) is 4.74. The highest BCUT2D eigenvalue weighted by Gasteiger charge is 2.51. The van der Waals surface area contributed by atoms with Gasteiger partial charge in [0, 0.05) is 18.5 Å². The van der Waals surface area contributed by atoms with Crippen LogP contribution >= 0.6 is 0 Å². The number of carbonyl (C=O) groups excluding carboxylic acids is 2. The zero-order valence-electron chi connectivity index (χ0n) is 16.0. The first-order valence-corrected chi connectivity index (χ1v) is 9.01. The van der Waals surface area contributed by atoms with Crippen molar-refractivity contribution in [1.29, 1.82) is 0 Å². The molecule has 3 atom stereocenters. The van der Waals surface area contributed by atoms with Gasteiger partial charge >= 0.3 is 6.03 Å². The lowest BCUT2D eigenvalue weighted by atomic mass is 9.75. The highest BCUT2D eigenvalue weighted by atomic mass is 16.3. The van der Waals surface area contributed by atoms with Crippen LogP contribution in [0.2, 0.25) is 0 Å². The standard InChI is InChI=1S/C19H30N4O3/c1-13(2)21-19(26)23-15(10-20-17(25)11-22(3)4)18(16(23)12-24)14-8-6-5-7-9-14/h5-9,13,15-16,18,24H,10-12H2,1-4H3,(H,20,25)(H,21,26)/t15-,16+,18-/m1/s1. The molecule has 7 nitrogen and oxygen atoms in total. The Labute approximate surface area is 155 Å². The summed E-state index contributed by atoms with van der Waals surface area (Å²) in [6.45, 7) is 4.33. The highest BCUT2D eigenvalue weighted by molar-refractivity contribution is 5.79. The smallest absolute Gasteiger partial charge is 0.318 e. The fraction of sp³-hybridized carbons (Fsp3) is 0.579. The van der Waals surface area contributed by atoms with Gasteiger partial charge < -0.3 is 25.5 Å². The molecule has 1 heterocycles. The van der Waals surface area contributed by atoms with Crippen LogP contribution < -0.4 is 10.6 Å². The van der Waals surface area contributed by atoms with Crippen LogP contribution in [0.5, 0.6) is 0 Å². The van der Waals surface area contributed by atoms with E-state index in [-0.39, 0.29) is 42.6 Å². The van der Waals surface area contributed by atoms with E-state index in [4.69, 9.17) is 0 Å². The van der Waals surface area contributed by atoms with Gasteiger partial charge in [-0.3, -0.25) is 4.79 Å². The molecule has 1 fully saturated rings. The predicted molar refractivity (Wildman–Crippen MR) is 101 cm³/mol. The molecule has 1 aliphatic rings. The number of amides is 3. The lowest BCUT2D eigenvalue weighted by molar-refractivity contribution is -0.122. The molecule has 2 rings (SSSR count). The normalized spacial score (nSPS) is 22.3. The SMILES string of the molecule is CC(C)NC(=O)N1[C@H](CNC(=O)CN(C)C)[C@@H](c2ccccc2)[C@@H]1CO. The van der Waals surface area contributed by atoms with Crippen molar-refractivity contribution in [2.45, 2.75) is 37.9 Å². The van der Waals surface area contributed by atoms with Crippen molar-refractivity contribution in [3.8, 4) is 0 Å². The van der Waals surface area contributed by atoms with Gasteiger partial charge in [-0.1, -0.05) is 30.3 Å². The lowest BCUT2D eigenvalue weighted by Crippen LogP contribution is -2.70. The fourth-order valence-electron chi connectivity index (χ4n) is 3.48. The van der Waals surface area contributed by atoms with Crippen LogP contribution in [0.25, 0.3) is 0 Å². The van der Waals surface area contributed by atoms with Crippen molar-refractivity contribution in [3.05, 3.63) is 35.9 Å². The Morgan fingerprint density at radius 3 is 2.38 bits per heavy atom. The van der Waals surface area contributed by atoms with Crippen molar-refractivity contribution < 1.29 is 14.7 Å². The van der Waals surface area contributed by atoms with Gasteiger partial charge in [-0.05, 0) is 33.5 Å². The molecule has 0 aliphatic carbocycles. The van der Waals surface area contributed by atoms with Crippen LogP contribution in [0.3, 0.4) is 0 Å². The van der Waals surface area contributed by atoms with E-state index in [0.29, 0.717) is 13.1 Å². The van der Waals surface area contributed by atoms with Crippen LogP contribution in [0, 0.1) is 0 Å². The van der Waals surface area contributed by atoms with Gasteiger partial charge in [0.05, 0.1) is 25.2 Å². The van der Waals surface area contributed by atoms with Crippen molar-refractivity contribution in [3.63, 3.8) is 0 Å². The number of urea groups is 1. The number of rotatable bonds is 7. The van der Waals surface area contributed by atoms with Crippen LogP contribution in [0.15, 0.2) is 30.3 Å². The van der Waals surface area contributed by atoms with Gasteiger partial charge in [0.2, 0.25) is 5.91 Å². The summed E-state index contributed by atoms with van der Waals surface area (Å²) in [4.78, 5) is 28.1. The summed E-state index contributed by atoms with van der Waals surface area (Å²) in [5.41, 5.74) is 1.06. The number of likely N-dealkylation sites (N-methyl/N-ethyl adjacent to an activating group) is 1. The monoisotopic (exact) mass is 362 g/mol. The van der Waals surface area contributed by atoms with E-state index in [1.165, 1.54) is 0 Å². The van der Waals surface area contributed by atoms with E-state index in [2.05, 4.69) is 10.6 Å². The van der Waals surface area contributed by atoms with Gasteiger partial charge in [0.25, 0.3) is 0 Å². The Morgan fingerprint density at radius 1 is 1.19 bits per heavy atom. The van der Waals surface area contributed by atoms with E-state index in [1.807, 2.05) is 58.3 Å². The quantitative estimate of drug-likeness (QED) is 0.664. The Hall–Kier alpha value is -2.12. The third-order valence-corrected chi connectivity index (χ3v) is 4.53. The molecule has 1 aromatic rings. The Bertz CT molecular complexity index is 606. The number of carbonyl (C=O) groups is 2. The second kappa shape index (κ2) is 9.00. The molecule has 0 radical (unpaired) electrons. The average molecular weight is 362 g/mol. The first kappa shape index (κ1) is 20.2. The predicted octanol–water partition coefficient (Wildman–Crippen LogP) is 0.611. The third-order valence-electron chi connectivity index (χ3n) is 4.53. The molecular weight excluding hydrogens is 332 g/mol. The molecule has 3 amide bonds. The summed E-state index contributed by atoms with van der Waals surface area (Å²) in [6.07, 6.45) is 0. The molecule has 0 aromatic heterocycles. The van der Waals surface area contributed by atoms with E-state index >= 15 is 0 Å². The van der Waals surface area contributed by atoms with Crippen molar-refractivity contribution in [2.75, 3.05) is 33.8 Å². The summed E-state index contributed by atoms with van der Waals surface area (Å²) in [5.74, 6) is -0.0998. The van der Waals surface area contributed by atoms with E-state index in [9.17, 15) is 14.7 Å². The summed E-state index contributed by atoms with van der Waals surface area (Å²) in [6, 6.07) is 9.13. The summed E-state index contributed by atoms with van der Waals surface area (Å²) in [5, 5.41) is 15.7. The number of hydrogen-bond donors (Lipinski definition) is 3. The zero-order valence-corrected chi connectivity index (χ0v) is 16.0. The summed E-state index contributed by atoms with van der Waals surface area (Å²) >= 11 is 0. The number of aliphatic hydroxyl groups is 1. The summed E-state index contributed by atoms with van der Waals surface area (Å²) in [7, 11) is 3.67. The number of nitrogens with one attached hydrogen (secondary N) is 2. The number of nitrogens with zero attached hydrogens (tertiary/aromatic N) is 2. The average Bonchev–Trinajstić information content (AvgIpc) is 2.53. The minimum absolute atomic E-state index is 0.00148. The lowest BCUT2D eigenvalue weighted by Gasteiger charge is -2.54. The fourth-order valence-corrected chi connectivity index (χ4v) is 3.48. The van der Waals surface area contributed by atoms with E-state index < -0.39 is 0 Å². The molecule has 144 valence electrons. The van der Waals surface area contributed by atoms with Gasteiger partial charge in [-0.2, -0.15) is 0 Å². The van der Waals surface area contributed by atoms with Gasteiger partial charge in [-0.15, -0.1) is 0 Å². The maximum absolute atomic E-state index is 12.6. The molecule has 7 heteroatoms. The number of benzene rings is 1. The minimum atomic E-state index is -0.299. The molecule has 0 spiro atoms. The molecule has 1 aromatic carbocycles. The molecule has 1 aliphatic heterocycles. The zero-order chi connectivity index (χ0) is 19.3. The first-order valence-electron chi connectivity index (χ1n) is 9.01. The van der Waals surface area contributed by atoms with Crippen molar-refractivity contribution in [2.24, 2.45) is 0 Å². The maximum Gasteiger partial charge on any atom is 0.318 e. The largest absolute Gasteiger partial charge is 0.394 e. The maximum atomic E-state index is 12.6. The van der Waals surface area contributed by atoms with Gasteiger partial charge in [-0.25, -0.2) is 4.79 Å². The van der Waals surface area contributed by atoms with E-state index in [1.54, 1.807) is 9.80 Å². The van der Waals surface area contributed by atoms with E-state index in [0.717, 1.165) is 5.56 Å². The second-order valence-electron chi connectivity index (χ2n) is 7.31. The van der Waals surface area contributed by atoms with Crippen molar-refractivity contribution in [1.82, 2.24) is 20.4 Å². The molecule has 3 N–H and O–H groups in total. The highest BCUT2D eigenvalue weighted by Crippen LogP contribution is 2.40. The number of hydrogen-bond acceptors (Lipinski definition) is 4. The Kier molecular flexibility index (Phi) is 6.99. The van der Waals surface area contributed by atoms with Gasteiger partial charge in [0.1, 0.15) is 0 Å². The Balaban J connectivity index is 2.17. The van der Waals surface area contributed by atoms with Gasteiger partial charge in [0.15, 0.2) is 0 Å². The molecule has 1 saturated heterocycles. The van der Waals surface area contributed by atoms with Crippen LogP contribution in [-0.2, 0) is 4.79 Å². The molecule has 0 unspecified atom stereocenters. The van der Waals surface area contributed by atoms with Crippen LogP contribution in [0.1, 0.15) is 25.3 Å². The molecule has 26 heavy (non-hydrogen) atoms. The topological polar surface area (TPSA) is 84.9 Å². The summed E-state index contributed by atoms with van der Waals surface area (Å²) < 4.78 is 0. The molecule has 0 bridgehead atoms. The van der Waals surface area contributed by atoms with Crippen molar-refractivity contribution >= 4 is 11.9 Å². The van der Waals surface area contributed by atoms with Crippen LogP contribution in [0.4, 0.5) is 4.79 Å². The molecular formula is C19H30N4O3. The Morgan fingerprint density at radius 2 is 1.85 bits per heavy atom. The number of aliphatic hydroxyl groups excluding tert-OH is 1. The minimum Gasteiger partial charge on any atom is -0.394 e. The number of likely N-dealkylation sites (tertiary alicyclic amines) is 1. The molecule has 0 saturated carbocycles. The second-order valence-corrected chi connectivity index (χ2v) is 7.31.